The molecular weight excluding hydrogens is 613 g/mol. The molecule has 0 aliphatic heterocycles. The summed E-state index contributed by atoms with van der Waals surface area (Å²) in [5.41, 5.74) is 7.08. The molecule has 5 heteroatoms. The smallest absolute Gasteiger partial charge is 0.164 e. The summed E-state index contributed by atoms with van der Waals surface area (Å²) in [6.07, 6.45) is 0. The number of aromatic nitrogens is 4. The number of para-hydroxylation sites is 2. The van der Waals surface area contributed by atoms with Crippen LogP contribution in [-0.4, -0.2) is 19.5 Å². The molecule has 0 radical (unpaired) electrons. The largest absolute Gasteiger partial charge is 0.456 e. The number of nitrogens with zero attached hydrogens (tertiary/aromatic N) is 4. The molecule has 3 aromatic heterocycles. The molecule has 0 unspecified atom stereocenters. The molecule has 0 spiro atoms. The van der Waals surface area contributed by atoms with Gasteiger partial charge in [-0.1, -0.05) is 127 Å². The van der Waals surface area contributed by atoms with Crippen LogP contribution in [-0.2, 0) is 0 Å². The average Bonchev–Trinajstić information content (AvgIpc) is 3.80. The van der Waals surface area contributed by atoms with Gasteiger partial charge in [-0.15, -0.1) is 0 Å². The van der Waals surface area contributed by atoms with Gasteiger partial charge in [-0.3, -0.25) is 0 Å². The van der Waals surface area contributed by atoms with Crippen LogP contribution >= 0.6 is 0 Å². The SMILES string of the molecule is [2H]c1cc([2H])c2c(c1[2H])c1c([2H])c([2H])cc([2H])c1n2-c1ccc(-c2ccc3oc4cccc(-c5nc(-c6ccccc6)nc(-c6ccccc6)n5)c4c3c2)cc1. The van der Waals surface area contributed by atoms with Crippen LogP contribution in [0.15, 0.2) is 174 Å². The normalized spacial score (nSPS) is 13.3. The lowest BCUT2D eigenvalue weighted by Crippen LogP contribution is -2.00. The average molecular weight is 647 g/mol. The van der Waals surface area contributed by atoms with E-state index in [4.69, 9.17) is 27.6 Å². The Kier molecular flexibility index (Phi) is 5.17. The van der Waals surface area contributed by atoms with Crippen LogP contribution in [0.5, 0.6) is 0 Å². The van der Waals surface area contributed by atoms with Crippen LogP contribution in [0.3, 0.4) is 0 Å². The number of fused-ring (bicyclic) bond motifs is 6. The van der Waals surface area contributed by atoms with Crippen molar-refractivity contribution in [3.05, 3.63) is 170 Å². The maximum atomic E-state index is 8.80. The maximum absolute atomic E-state index is 8.80. The fourth-order valence-corrected chi connectivity index (χ4v) is 6.70. The highest BCUT2D eigenvalue weighted by atomic mass is 16.3. The van der Waals surface area contributed by atoms with E-state index < -0.39 is 0 Å². The van der Waals surface area contributed by atoms with E-state index >= 15 is 0 Å². The molecule has 10 rings (SSSR count). The molecule has 0 N–H and O–H groups in total. The second kappa shape index (κ2) is 11.4. The lowest BCUT2D eigenvalue weighted by Gasteiger charge is -2.10. The molecule has 0 amide bonds. The molecule has 234 valence electrons. The number of furan rings is 1. The maximum Gasteiger partial charge on any atom is 0.164 e. The van der Waals surface area contributed by atoms with Crippen molar-refractivity contribution in [2.45, 2.75) is 0 Å². The van der Waals surface area contributed by atoms with Crippen molar-refractivity contribution >= 4 is 43.7 Å². The summed E-state index contributed by atoms with van der Waals surface area (Å²) in [7, 11) is 0. The van der Waals surface area contributed by atoms with Gasteiger partial charge in [-0.25, -0.2) is 15.0 Å². The minimum absolute atomic E-state index is 0.00431. The molecular formula is C45H28N4O. The van der Waals surface area contributed by atoms with E-state index in [1.54, 1.807) is 4.57 Å². The first-order chi connectivity index (χ1) is 27.2. The fourth-order valence-electron chi connectivity index (χ4n) is 6.70. The Morgan fingerprint density at radius 2 is 1.06 bits per heavy atom. The first-order valence-corrected chi connectivity index (χ1v) is 16.2. The van der Waals surface area contributed by atoms with Gasteiger partial charge in [0.25, 0.3) is 0 Å². The Labute approximate surface area is 296 Å². The van der Waals surface area contributed by atoms with Crippen LogP contribution in [0.2, 0.25) is 0 Å². The first kappa shape index (κ1) is 22.7. The lowest BCUT2D eigenvalue weighted by molar-refractivity contribution is 0.669. The van der Waals surface area contributed by atoms with Gasteiger partial charge in [-0.2, -0.15) is 0 Å². The number of rotatable bonds is 5. The molecule has 5 nitrogen and oxygen atoms in total. The summed E-state index contributed by atoms with van der Waals surface area (Å²) in [6, 6.07) is 41.4. The summed E-state index contributed by atoms with van der Waals surface area (Å²) in [4.78, 5) is 14.8. The van der Waals surface area contributed by atoms with E-state index in [1.165, 1.54) is 12.1 Å². The fraction of sp³-hybridized carbons (Fsp3) is 0. The third kappa shape index (κ3) is 4.60. The quantitative estimate of drug-likeness (QED) is 0.187. The molecule has 0 saturated heterocycles. The molecule has 0 aliphatic rings. The highest BCUT2D eigenvalue weighted by molar-refractivity contribution is 6.13. The van der Waals surface area contributed by atoms with Crippen molar-refractivity contribution in [2.24, 2.45) is 0 Å². The summed E-state index contributed by atoms with van der Waals surface area (Å²) in [5, 5.41) is 2.23. The number of benzene rings is 7. The Bertz CT molecular complexity index is 3070. The summed E-state index contributed by atoms with van der Waals surface area (Å²) in [5.74, 6) is 1.66. The molecule has 7 aromatic carbocycles. The Hall–Kier alpha value is -6.85. The molecule has 0 aliphatic carbocycles. The van der Waals surface area contributed by atoms with Crippen molar-refractivity contribution in [1.82, 2.24) is 19.5 Å². The van der Waals surface area contributed by atoms with Crippen LogP contribution in [0.4, 0.5) is 0 Å². The topological polar surface area (TPSA) is 56.7 Å². The lowest BCUT2D eigenvalue weighted by atomic mass is 10.00. The van der Waals surface area contributed by atoms with Gasteiger partial charge in [0.1, 0.15) is 11.2 Å². The van der Waals surface area contributed by atoms with Gasteiger partial charge >= 0.3 is 0 Å². The third-order valence-electron chi connectivity index (χ3n) is 9.02. The summed E-state index contributed by atoms with van der Waals surface area (Å²) in [6.45, 7) is 0. The van der Waals surface area contributed by atoms with E-state index in [0.29, 0.717) is 45.4 Å². The molecule has 0 saturated carbocycles. The minimum Gasteiger partial charge on any atom is -0.456 e. The van der Waals surface area contributed by atoms with Crippen molar-refractivity contribution < 1.29 is 12.6 Å². The van der Waals surface area contributed by atoms with E-state index in [0.717, 1.165) is 38.6 Å². The van der Waals surface area contributed by atoms with Crippen molar-refractivity contribution in [3.8, 4) is 51.0 Å². The Morgan fingerprint density at radius 1 is 0.460 bits per heavy atom. The molecule has 0 atom stereocenters. The van der Waals surface area contributed by atoms with Gasteiger partial charge in [0.15, 0.2) is 17.5 Å². The van der Waals surface area contributed by atoms with E-state index in [2.05, 4.69) is 6.07 Å². The van der Waals surface area contributed by atoms with Crippen LogP contribution in [0.1, 0.15) is 8.22 Å². The molecule has 3 heterocycles. The first-order valence-electron chi connectivity index (χ1n) is 19.2. The standard InChI is InChI=1S/C45H28N4O/c1-3-12-30(13-4-1)43-46-44(31-14-5-2-6-15-31)48-45(47-43)36-18-11-21-41-42(36)37-28-32(24-27-40(37)50-41)29-22-25-33(26-23-29)49-38-19-9-7-16-34(38)35-17-8-10-20-39(35)49/h1-28H/i7D,8D,16D,17D,19D,20D. The van der Waals surface area contributed by atoms with Gasteiger partial charge in [0.05, 0.1) is 19.3 Å². The van der Waals surface area contributed by atoms with E-state index in [-0.39, 0.29) is 47.0 Å². The van der Waals surface area contributed by atoms with Gasteiger partial charge in [0, 0.05) is 43.9 Å². The monoisotopic (exact) mass is 646 g/mol. The third-order valence-corrected chi connectivity index (χ3v) is 9.02. The zero-order valence-electron chi connectivity index (χ0n) is 32.4. The Balaban J connectivity index is 1.12. The van der Waals surface area contributed by atoms with Gasteiger partial charge in [0.2, 0.25) is 0 Å². The van der Waals surface area contributed by atoms with Crippen molar-refractivity contribution in [1.29, 1.82) is 0 Å². The minimum atomic E-state index is -0.146. The number of hydrogen-bond acceptors (Lipinski definition) is 4. The second-order valence-electron chi connectivity index (χ2n) is 12.0. The predicted octanol–water partition coefficient (Wildman–Crippen LogP) is 11.5. The Morgan fingerprint density at radius 3 is 1.70 bits per heavy atom. The predicted molar refractivity (Wildman–Crippen MR) is 203 cm³/mol. The van der Waals surface area contributed by atoms with Crippen LogP contribution in [0.25, 0.3) is 94.7 Å². The second-order valence-corrected chi connectivity index (χ2v) is 12.0. The highest BCUT2D eigenvalue weighted by Crippen LogP contribution is 2.39. The van der Waals surface area contributed by atoms with E-state index in [1.807, 2.05) is 115 Å². The molecule has 50 heavy (non-hydrogen) atoms. The van der Waals surface area contributed by atoms with Crippen LogP contribution < -0.4 is 0 Å². The van der Waals surface area contributed by atoms with Crippen LogP contribution in [0, 0.1) is 0 Å². The summed E-state index contributed by atoms with van der Waals surface area (Å²) >= 11 is 0. The zero-order valence-corrected chi connectivity index (χ0v) is 26.4. The zero-order chi connectivity index (χ0) is 38.2. The molecule has 0 bridgehead atoms. The summed E-state index contributed by atoms with van der Waals surface area (Å²) < 4.78 is 59.7. The molecule has 0 fully saturated rings. The number of hydrogen-bond donors (Lipinski definition) is 0. The van der Waals surface area contributed by atoms with E-state index in [9.17, 15) is 0 Å². The van der Waals surface area contributed by atoms with Gasteiger partial charge in [-0.05, 0) is 53.5 Å². The van der Waals surface area contributed by atoms with Gasteiger partial charge < -0.3 is 8.98 Å². The van der Waals surface area contributed by atoms with Crippen molar-refractivity contribution in [2.75, 3.05) is 0 Å². The highest BCUT2D eigenvalue weighted by Gasteiger charge is 2.18. The van der Waals surface area contributed by atoms with Crippen molar-refractivity contribution in [3.63, 3.8) is 0 Å². The molecule has 10 aromatic rings.